The van der Waals surface area contributed by atoms with Gasteiger partial charge in [0.1, 0.15) is 10.6 Å². The van der Waals surface area contributed by atoms with Crippen molar-refractivity contribution in [3.05, 3.63) is 11.3 Å². The van der Waals surface area contributed by atoms with E-state index in [0.717, 1.165) is 18.0 Å². The molecule has 0 saturated carbocycles. The van der Waals surface area contributed by atoms with Gasteiger partial charge in [-0.25, -0.2) is 9.59 Å². The summed E-state index contributed by atoms with van der Waals surface area (Å²) in [7, 11) is 3.00. The predicted molar refractivity (Wildman–Crippen MR) is 70.1 cm³/mol. The quantitative estimate of drug-likeness (QED) is 0.851. The lowest BCUT2D eigenvalue weighted by Gasteiger charge is -2.16. The second-order valence-electron chi connectivity index (χ2n) is 3.82. The van der Waals surface area contributed by atoms with Gasteiger partial charge in [0.15, 0.2) is 0 Å². The van der Waals surface area contributed by atoms with Gasteiger partial charge in [0.2, 0.25) is 0 Å². The number of nitrogens with one attached hydrogen (secondary N) is 1. The highest BCUT2D eigenvalue weighted by Gasteiger charge is 2.21. The van der Waals surface area contributed by atoms with Crippen LogP contribution >= 0.6 is 11.5 Å². The van der Waals surface area contributed by atoms with Crippen LogP contribution in [0, 0.1) is 6.92 Å². The number of rotatable bonds is 4. The Bertz CT molecular complexity index is 445. The molecule has 1 aromatic heterocycles. The van der Waals surface area contributed by atoms with Crippen molar-refractivity contribution < 1.29 is 14.3 Å². The minimum atomic E-state index is -0.491. The van der Waals surface area contributed by atoms with Crippen molar-refractivity contribution >= 4 is 28.5 Å². The fourth-order valence-corrected chi connectivity index (χ4v) is 2.20. The zero-order chi connectivity index (χ0) is 13.7. The van der Waals surface area contributed by atoms with Crippen LogP contribution in [-0.2, 0) is 4.74 Å². The first-order valence-electron chi connectivity index (χ1n) is 5.58. The van der Waals surface area contributed by atoms with Gasteiger partial charge in [-0.05, 0) is 24.9 Å². The Hall–Kier alpha value is -1.63. The molecule has 1 rings (SSSR count). The Morgan fingerprint density at radius 1 is 1.50 bits per heavy atom. The first-order valence-corrected chi connectivity index (χ1v) is 6.35. The van der Waals surface area contributed by atoms with Crippen molar-refractivity contribution in [1.82, 2.24) is 9.27 Å². The van der Waals surface area contributed by atoms with E-state index in [2.05, 4.69) is 14.4 Å². The Labute approximate surface area is 110 Å². The van der Waals surface area contributed by atoms with Crippen molar-refractivity contribution in [2.45, 2.75) is 20.3 Å². The van der Waals surface area contributed by atoms with Crippen LogP contribution in [0.3, 0.4) is 0 Å². The summed E-state index contributed by atoms with van der Waals surface area (Å²) in [6.45, 7) is 4.34. The monoisotopic (exact) mass is 271 g/mol. The zero-order valence-electron chi connectivity index (χ0n) is 10.9. The summed E-state index contributed by atoms with van der Waals surface area (Å²) in [6.07, 6.45) is 0.871. The van der Waals surface area contributed by atoms with Gasteiger partial charge < -0.3 is 9.64 Å². The van der Waals surface area contributed by atoms with E-state index in [1.165, 1.54) is 7.11 Å². The lowest BCUT2D eigenvalue weighted by molar-refractivity contribution is 0.0601. The molecule has 0 bridgehead atoms. The molecule has 1 aromatic rings. The van der Waals surface area contributed by atoms with E-state index in [4.69, 9.17) is 0 Å². The molecule has 0 atom stereocenters. The minimum Gasteiger partial charge on any atom is -0.465 e. The van der Waals surface area contributed by atoms with E-state index in [0.29, 0.717) is 22.8 Å². The second kappa shape index (κ2) is 6.34. The van der Waals surface area contributed by atoms with E-state index in [9.17, 15) is 9.59 Å². The molecule has 0 aliphatic carbocycles. The highest BCUT2D eigenvalue weighted by molar-refractivity contribution is 7.11. The first-order chi connectivity index (χ1) is 8.51. The summed E-state index contributed by atoms with van der Waals surface area (Å²) >= 11 is 1.07. The summed E-state index contributed by atoms with van der Waals surface area (Å²) in [5.74, 6) is -0.491. The van der Waals surface area contributed by atoms with Crippen LogP contribution in [0.1, 0.15) is 29.4 Å². The largest absolute Gasteiger partial charge is 0.465 e. The number of carbonyl (C=O) groups is 2. The minimum absolute atomic E-state index is 0.259. The van der Waals surface area contributed by atoms with Crippen molar-refractivity contribution in [3.63, 3.8) is 0 Å². The van der Waals surface area contributed by atoms with E-state index >= 15 is 0 Å². The zero-order valence-corrected chi connectivity index (χ0v) is 11.8. The van der Waals surface area contributed by atoms with Crippen LogP contribution in [0.15, 0.2) is 0 Å². The van der Waals surface area contributed by atoms with Crippen LogP contribution < -0.4 is 5.32 Å². The summed E-state index contributed by atoms with van der Waals surface area (Å²) in [5.41, 5.74) is 0.876. The van der Waals surface area contributed by atoms with E-state index < -0.39 is 5.97 Å². The number of ether oxygens (including phenoxy) is 1. The number of carbonyl (C=O) groups excluding carboxylic acids is 2. The smallest absolute Gasteiger partial charge is 0.342 e. The molecule has 18 heavy (non-hydrogen) atoms. The molecule has 2 amide bonds. The Morgan fingerprint density at radius 3 is 2.72 bits per heavy atom. The van der Waals surface area contributed by atoms with E-state index in [-0.39, 0.29) is 6.03 Å². The van der Waals surface area contributed by atoms with Crippen LogP contribution in [0.25, 0.3) is 0 Å². The highest BCUT2D eigenvalue weighted by atomic mass is 32.1. The molecule has 0 aliphatic heterocycles. The molecule has 6 nitrogen and oxygen atoms in total. The maximum atomic E-state index is 11.8. The molecule has 0 spiro atoms. The summed E-state index contributed by atoms with van der Waals surface area (Å²) < 4.78 is 8.72. The number of urea groups is 1. The lowest BCUT2D eigenvalue weighted by Crippen LogP contribution is -2.32. The van der Waals surface area contributed by atoms with Gasteiger partial charge in [0.05, 0.1) is 12.8 Å². The molecule has 0 radical (unpaired) electrons. The molecule has 1 heterocycles. The van der Waals surface area contributed by atoms with E-state index in [1.807, 2.05) is 6.92 Å². The molecule has 1 N–H and O–H groups in total. The van der Waals surface area contributed by atoms with Gasteiger partial charge in [0, 0.05) is 13.6 Å². The number of methoxy groups -OCH3 is 1. The standard InChI is InChI=1S/C11H17N3O3S/c1-5-6-14(3)11(16)12-9-8(10(15)17-4)7(2)13-18-9/h5-6H2,1-4H3,(H,12,16). The van der Waals surface area contributed by atoms with Gasteiger partial charge in [-0.15, -0.1) is 0 Å². The number of nitrogens with zero attached hydrogens (tertiary/aromatic N) is 2. The molecule has 0 aliphatic rings. The van der Waals surface area contributed by atoms with Crippen molar-refractivity contribution in [3.8, 4) is 0 Å². The van der Waals surface area contributed by atoms with Crippen LogP contribution in [0.4, 0.5) is 9.80 Å². The first kappa shape index (κ1) is 14.4. The van der Waals surface area contributed by atoms with Crippen molar-refractivity contribution in [2.75, 3.05) is 26.0 Å². The predicted octanol–water partition coefficient (Wildman–Crippen LogP) is 2.11. The lowest BCUT2D eigenvalue weighted by atomic mass is 10.2. The maximum absolute atomic E-state index is 11.8. The number of anilines is 1. The van der Waals surface area contributed by atoms with Crippen molar-refractivity contribution in [1.29, 1.82) is 0 Å². The fraction of sp³-hybridized carbons (Fsp3) is 0.545. The average Bonchev–Trinajstić information content (AvgIpc) is 2.70. The van der Waals surface area contributed by atoms with Crippen molar-refractivity contribution in [2.24, 2.45) is 0 Å². The molecule has 0 saturated heterocycles. The van der Waals surface area contributed by atoms with Crippen LogP contribution in [-0.4, -0.2) is 42.0 Å². The topological polar surface area (TPSA) is 71.5 Å². The Kier molecular flexibility index (Phi) is 5.08. The highest BCUT2D eigenvalue weighted by Crippen LogP contribution is 2.25. The third-order valence-corrected chi connectivity index (χ3v) is 3.23. The van der Waals surface area contributed by atoms with E-state index in [1.54, 1.807) is 18.9 Å². The number of amides is 2. The molecular formula is C11H17N3O3S. The number of aryl methyl sites for hydroxylation is 1. The fourth-order valence-electron chi connectivity index (χ4n) is 1.43. The average molecular weight is 271 g/mol. The maximum Gasteiger partial charge on any atom is 0.342 e. The molecule has 100 valence electrons. The third kappa shape index (κ3) is 3.19. The van der Waals surface area contributed by atoms with Gasteiger partial charge in [-0.1, -0.05) is 6.92 Å². The second-order valence-corrected chi connectivity index (χ2v) is 4.59. The normalized spacial score (nSPS) is 10.0. The van der Waals surface area contributed by atoms with Gasteiger partial charge in [-0.2, -0.15) is 4.37 Å². The molecule has 0 unspecified atom stereocenters. The Balaban J connectivity index is 2.85. The molecular weight excluding hydrogens is 254 g/mol. The summed E-state index contributed by atoms with van der Waals surface area (Å²) in [4.78, 5) is 24.9. The van der Waals surface area contributed by atoms with Gasteiger partial charge in [0.25, 0.3) is 0 Å². The van der Waals surface area contributed by atoms with Crippen LogP contribution in [0.2, 0.25) is 0 Å². The SMILES string of the molecule is CCCN(C)C(=O)Nc1snc(C)c1C(=O)OC. The van der Waals surface area contributed by atoms with Gasteiger partial charge >= 0.3 is 12.0 Å². The number of hydrogen-bond acceptors (Lipinski definition) is 5. The number of hydrogen-bond donors (Lipinski definition) is 1. The number of esters is 1. The molecule has 7 heteroatoms. The molecule has 0 fully saturated rings. The summed E-state index contributed by atoms with van der Waals surface area (Å²) in [6, 6.07) is -0.259. The molecule has 0 aromatic carbocycles. The Morgan fingerprint density at radius 2 is 2.17 bits per heavy atom. The third-order valence-electron chi connectivity index (χ3n) is 2.38. The van der Waals surface area contributed by atoms with Gasteiger partial charge in [-0.3, -0.25) is 5.32 Å². The number of aromatic nitrogens is 1. The summed E-state index contributed by atoms with van der Waals surface area (Å²) in [5, 5.41) is 3.10. The van der Waals surface area contributed by atoms with Crippen LogP contribution in [0.5, 0.6) is 0 Å².